The lowest BCUT2D eigenvalue weighted by molar-refractivity contribution is -0.120. The zero-order valence-corrected chi connectivity index (χ0v) is 22.6. The van der Waals surface area contributed by atoms with E-state index in [-0.39, 0.29) is 11.9 Å². The van der Waals surface area contributed by atoms with Gasteiger partial charge in [0.15, 0.2) is 5.82 Å². The molecule has 1 saturated heterocycles. The average Bonchev–Trinajstić information content (AvgIpc) is 3.56. The molecule has 0 spiro atoms. The molecule has 10 heteroatoms. The number of rotatable bonds is 6. The highest BCUT2D eigenvalue weighted by atomic mass is 16.6. The predicted molar refractivity (Wildman–Crippen MR) is 150 cm³/mol. The number of amides is 2. The van der Waals surface area contributed by atoms with Crippen LogP contribution in [0.3, 0.4) is 0 Å². The van der Waals surface area contributed by atoms with E-state index < -0.39 is 17.7 Å². The topological polar surface area (TPSA) is 114 Å². The molecule has 0 bridgehead atoms. The fourth-order valence-electron chi connectivity index (χ4n) is 4.67. The molecule has 39 heavy (non-hydrogen) atoms. The second-order valence-corrected chi connectivity index (χ2v) is 10.7. The van der Waals surface area contributed by atoms with Gasteiger partial charge in [-0.3, -0.25) is 19.2 Å². The lowest BCUT2D eigenvalue weighted by Gasteiger charge is -2.28. The summed E-state index contributed by atoms with van der Waals surface area (Å²) in [7, 11) is 0. The van der Waals surface area contributed by atoms with E-state index >= 15 is 0 Å². The third kappa shape index (κ3) is 6.00. The Kier molecular flexibility index (Phi) is 7.19. The van der Waals surface area contributed by atoms with Crippen LogP contribution in [0.4, 0.5) is 16.3 Å². The molecule has 2 aromatic heterocycles. The number of nitrogens with zero attached hydrogens (tertiary/aromatic N) is 5. The molecule has 4 aromatic rings. The fourth-order valence-corrected chi connectivity index (χ4v) is 4.67. The van der Waals surface area contributed by atoms with Gasteiger partial charge in [-0.1, -0.05) is 30.3 Å². The van der Waals surface area contributed by atoms with Crippen molar-refractivity contribution in [3.63, 3.8) is 0 Å². The first kappa shape index (κ1) is 26.1. The molecule has 3 heterocycles. The van der Waals surface area contributed by atoms with E-state index in [0.29, 0.717) is 35.8 Å². The number of imidazole rings is 1. The van der Waals surface area contributed by atoms with Gasteiger partial charge in [-0.25, -0.2) is 14.8 Å². The van der Waals surface area contributed by atoms with Gasteiger partial charge in [0.1, 0.15) is 23.8 Å². The molecule has 0 unspecified atom stereocenters. The third-order valence-corrected chi connectivity index (χ3v) is 6.53. The van der Waals surface area contributed by atoms with E-state index in [9.17, 15) is 9.59 Å². The summed E-state index contributed by atoms with van der Waals surface area (Å²) in [4.78, 5) is 40.8. The quantitative estimate of drug-likeness (QED) is 0.348. The van der Waals surface area contributed by atoms with Crippen LogP contribution in [0.25, 0.3) is 16.9 Å². The van der Waals surface area contributed by atoms with E-state index in [4.69, 9.17) is 9.72 Å². The minimum atomic E-state index is -0.620. The summed E-state index contributed by atoms with van der Waals surface area (Å²) in [6.07, 6.45) is 5.93. The number of fused-ring (bicyclic) bond motifs is 1. The average molecular weight is 528 g/mol. The first-order chi connectivity index (χ1) is 18.7. The standard InChI is InChI=1S/C29H33N7O3/c1-19(20-9-6-5-7-10-20)32-25-16-30-17-26(34-25)36-18-31-22-15-21(12-13-23(22)36)33-27(37)24-11-8-14-35(24)28(38)39-29(2,3)4/h5-7,9-10,12-13,15-19,24H,8,11,14H2,1-4H3,(H,32,34)(H,33,37)/t19-,24-/m0/s1. The molecule has 2 amide bonds. The van der Waals surface area contributed by atoms with Crippen LogP contribution in [0.2, 0.25) is 0 Å². The van der Waals surface area contributed by atoms with Crippen molar-refractivity contribution >= 4 is 34.5 Å². The first-order valence-corrected chi connectivity index (χ1v) is 13.1. The van der Waals surface area contributed by atoms with E-state index in [0.717, 1.165) is 17.5 Å². The highest BCUT2D eigenvalue weighted by Gasteiger charge is 2.36. The number of anilines is 2. The molecule has 0 radical (unpaired) electrons. The molecule has 2 atom stereocenters. The maximum absolute atomic E-state index is 13.1. The second-order valence-electron chi connectivity index (χ2n) is 10.7. The van der Waals surface area contributed by atoms with E-state index in [1.807, 2.05) is 61.7 Å². The summed E-state index contributed by atoms with van der Waals surface area (Å²) in [6, 6.07) is 15.1. The smallest absolute Gasteiger partial charge is 0.410 e. The fraction of sp³-hybridized carbons (Fsp3) is 0.345. The molecule has 1 fully saturated rings. The van der Waals surface area contributed by atoms with Crippen molar-refractivity contribution in [3.05, 3.63) is 72.8 Å². The molecule has 1 aliphatic rings. The van der Waals surface area contributed by atoms with Crippen LogP contribution in [0.1, 0.15) is 52.1 Å². The van der Waals surface area contributed by atoms with Gasteiger partial charge in [-0.2, -0.15) is 0 Å². The van der Waals surface area contributed by atoms with Gasteiger partial charge in [0, 0.05) is 18.3 Å². The van der Waals surface area contributed by atoms with Gasteiger partial charge in [-0.15, -0.1) is 0 Å². The molecule has 202 valence electrons. The molecule has 0 saturated carbocycles. The van der Waals surface area contributed by atoms with Crippen LogP contribution < -0.4 is 10.6 Å². The highest BCUT2D eigenvalue weighted by Crippen LogP contribution is 2.25. The summed E-state index contributed by atoms with van der Waals surface area (Å²) in [5.74, 6) is 1.04. The van der Waals surface area contributed by atoms with Gasteiger partial charge in [0.05, 0.1) is 23.4 Å². The lowest BCUT2D eigenvalue weighted by Crippen LogP contribution is -2.45. The molecular formula is C29H33N7O3. The minimum Gasteiger partial charge on any atom is -0.444 e. The van der Waals surface area contributed by atoms with Crippen molar-refractivity contribution in [3.8, 4) is 5.82 Å². The normalized spacial score (nSPS) is 16.2. The number of carbonyl (C=O) groups excluding carboxylic acids is 2. The monoisotopic (exact) mass is 527 g/mol. The molecule has 1 aliphatic heterocycles. The second kappa shape index (κ2) is 10.7. The number of benzene rings is 2. The summed E-state index contributed by atoms with van der Waals surface area (Å²) in [5, 5.41) is 6.34. The molecule has 5 rings (SSSR count). The van der Waals surface area contributed by atoms with Crippen LogP contribution in [-0.2, 0) is 9.53 Å². The van der Waals surface area contributed by atoms with Crippen molar-refractivity contribution in [2.45, 2.75) is 58.2 Å². The molecule has 2 N–H and O–H groups in total. The number of hydrogen-bond donors (Lipinski definition) is 2. The zero-order valence-electron chi connectivity index (χ0n) is 22.6. The molecule has 2 aromatic carbocycles. The van der Waals surface area contributed by atoms with Crippen molar-refractivity contribution in [1.29, 1.82) is 0 Å². The van der Waals surface area contributed by atoms with Crippen LogP contribution in [0, 0.1) is 0 Å². The SMILES string of the molecule is C[C@H](Nc1cncc(-n2cnc3cc(NC(=O)[C@@H]4CCCN4C(=O)OC(C)(C)C)ccc32)n1)c1ccccc1. The Labute approximate surface area is 227 Å². The Balaban J connectivity index is 1.30. The Bertz CT molecular complexity index is 1480. The van der Waals surface area contributed by atoms with Gasteiger partial charge < -0.3 is 15.4 Å². The van der Waals surface area contributed by atoms with Crippen LogP contribution in [0.15, 0.2) is 67.3 Å². The number of ether oxygens (including phenoxy) is 1. The number of carbonyl (C=O) groups is 2. The maximum atomic E-state index is 13.1. The summed E-state index contributed by atoms with van der Waals surface area (Å²) in [6.45, 7) is 8.01. The van der Waals surface area contributed by atoms with Gasteiger partial charge in [-0.05, 0) is 64.3 Å². The molecular weight excluding hydrogens is 494 g/mol. The summed E-state index contributed by atoms with van der Waals surface area (Å²) in [5.41, 5.74) is 2.66. The van der Waals surface area contributed by atoms with Gasteiger partial charge >= 0.3 is 6.09 Å². The lowest BCUT2D eigenvalue weighted by atomic mass is 10.1. The van der Waals surface area contributed by atoms with Crippen molar-refractivity contribution in [1.82, 2.24) is 24.4 Å². The third-order valence-electron chi connectivity index (χ3n) is 6.53. The summed E-state index contributed by atoms with van der Waals surface area (Å²) >= 11 is 0. The largest absolute Gasteiger partial charge is 0.444 e. The van der Waals surface area contributed by atoms with E-state index in [2.05, 4.69) is 39.7 Å². The zero-order chi connectivity index (χ0) is 27.6. The van der Waals surface area contributed by atoms with E-state index in [1.54, 1.807) is 18.7 Å². The van der Waals surface area contributed by atoms with Crippen molar-refractivity contribution < 1.29 is 14.3 Å². The summed E-state index contributed by atoms with van der Waals surface area (Å²) < 4.78 is 7.34. The Morgan fingerprint density at radius 1 is 1.10 bits per heavy atom. The predicted octanol–water partition coefficient (Wildman–Crippen LogP) is 5.33. The number of hydrogen-bond acceptors (Lipinski definition) is 7. The molecule has 10 nitrogen and oxygen atoms in total. The minimum absolute atomic E-state index is 0.0626. The number of likely N-dealkylation sites (tertiary alicyclic amines) is 1. The van der Waals surface area contributed by atoms with Crippen LogP contribution in [-0.4, -0.2) is 54.6 Å². The first-order valence-electron chi connectivity index (χ1n) is 13.1. The Morgan fingerprint density at radius 2 is 1.90 bits per heavy atom. The number of nitrogens with one attached hydrogen (secondary N) is 2. The van der Waals surface area contributed by atoms with Crippen LogP contribution in [0.5, 0.6) is 0 Å². The highest BCUT2D eigenvalue weighted by molar-refractivity contribution is 5.98. The number of aromatic nitrogens is 4. The van der Waals surface area contributed by atoms with Crippen molar-refractivity contribution in [2.75, 3.05) is 17.2 Å². The van der Waals surface area contributed by atoms with Gasteiger partial charge in [0.25, 0.3) is 0 Å². The Hall–Kier alpha value is -4.47. The maximum Gasteiger partial charge on any atom is 0.410 e. The van der Waals surface area contributed by atoms with Gasteiger partial charge in [0.2, 0.25) is 5.91 Å². The van der Waals surface area contributed by atoms with E-state index in [1.165, 1.54) is 4.90 Å². The molecule has 0 aliphatic carbocycles. The van der Waals surface area contributed by atoms with Crippen LogP contribution >= 0.6 is 0 Å². The van der Waals surface area contributed by atoms with Crippen molar-refractivity contribution in [2.24, 2.45) is 0 Å². The Morgan fingerprint density at radius 3 is 2.67 bits per heavy atom.